The lowest BCUT2D eigenvalue weighted by Gasteiger charge is -2.32. The van der Waals surface area contributed by atoms with Gasteiger partial charge in [0.2, 0.25) is 11.8 Å². The average molecular weight is 536 g/mol. The minimum atomic E-state index is -4.79. The Bertz CT molecular complexity index is 1180. The highest BCUT2D eigenvalue weighted by Gasteiger charge is 2.55. The summed E-state index contributed by atoms with van der Waals surface area (Å²) >= 11 is 0. The molecule has 0 unspecified atom stereocenters. The fourth-order valence-electron chi connectivity index (χ4n) is 4.26. The van der Waals surface area contributed by atoms with Gasteiger partial charge in [-0.1, -0.05) is 18.2 Å². The first-order chi connectivity index (χ1) is 18.1. The lowest BCUT2D eigenvalue weighted by atomic mass is 10.1. The number of alkyl halides is 3. The lowest BCUT2D eigenvalue weighted by Crippen LogP contribution is -2.42. The maximum absolute atomic E-state index is 13.2. The average Bonchev–Trinajstić information content (AvgIpc) is 3.69. The van der Waals surface area contributed by atoms with Gasteiger partial charge in [0, 0.05) is 32.0 Å². The second kappa shape index (κ2) is 11.2. The number of hydrogen-bond donors (Lipinski definition) is 2. The van der Waals surface area contributed by atoms with Crippen LogP contribution in [0.15, 0.2) is 48.5 Å². The Hall–Kier alpha value is -3.96. The predicted octanol–water partition coefficient (Wildman–Crippen LogP) is 3.03. The molecule has 1 aliphatic heterocycles. The minimum Gasteiger partial charge on any atom is -0.491 e. The third-order valence-corrected chi connectivity index (χ3v) is 6.49. The maximum Gasteiger partial charge on any atom is 0.573 e. The maximum atomic E-state index is 13.2. The van der Waals surface area contributed by atoms with E-state index in [0.717, 1.165) is 0 Å². The molecule has 0 aromatic heterocycles. The zero-order valence-electron chi connectivity index (χ0n) is 20.5. The second-order valence-electron chi connectivity index (χ2n) is 9.18. The smallest absolute Gasteiger partial charge is 0.491 e. The van der Waals surface area contributed by atoms with Crippen molar-refractivity contribution in [2.24, 2.45) is 11.1 Å². The number of piperidine rings is 1. The number of benzene rings is 2. The summed E-state index contributed by atoms with van der Waals surface area (Å²) in [6.07, 6.45) is -3.20. The van der Waals surface area contributed by atoms with Gasteiger partial charge in [-0.15, -0.1) is 13.2 Å². The van der Waals surface area contributed by atoms with E-state index in [4.69, 9.17) is 15.2 Å². The molecule has 204 valence electrons. The largest absolute Gasteiger partial charge is 0.573 e. The molecular formula is C26H28F3N3O6. The van der Waals surface area contributed by atoms with Crippen LogP contribution in [0.1, 0.15) is 36.0 Å². The van der Waals surface area contributed by atoms with E-state index in [0.29, 0.717) is 50.1 Å². The predicted molar refractivity (Wildman–Crippen MR) is 128 cm³/mol. The molecule has 2 aromatic rings. The van der Waals surface area contributed by atoms with Gasteiger partial charge in [-0.2, -0.15) is 0 Å². The number of ether oxygens (including phenoxy) is 3. The molecule has 2 fully saturated rings. The molecule has 2 aliphatic rings. The first-order valence-electron chi connectivity index (χ1n) is 12.2. The van der Waals surface area contributed by atoms with Crippen LogP contribution in [-0.4, -0.2) is 61.3 Å². The topological polar surface area (TPSA) is 120 Å². The summed E-state index contributed by atoms with van der Waals surface area (Å²) < 4.78 is 52.9. The summed E-state index contributed by atoms with van der Waals surface area (Å²) in [5.41, 5.74) is 4.56. The Morgan fingerprint density at radius 3 is 2.37 bits per heavy atom. The van der Waals surface area contributed by atoms with Gasteiger partial charge in [-0.05, 0) is 37.1 Å². The summed E-state index contributed by atoms with van der Waals surface area (Å²) in [6, 6.07) is 12.1. The molecule has 1 saturated heterocycles. The second-order valence-corrected chi connectivity index (χ2v) is 9.18. The molecule has 3 amide bonds. The number of nitrogens with one attached hydrogen (secondary N) is 1. The number of carbonyl (C=O) groups is 3. The number of amides is 3. The van der Waals surface area contributed by atoms with Crippen molar-refractivity contribution in [3.63, 3.8) is 0 Å². The highest BCUT2D eigenvalue weighted by atomic mass is 19.4. The van der Waals surface area contributed by atoms with E-state index in [2.05, 4.69) is 10.1 Å². The molecule has 38 heavy (non-hydrogen) atoms. The van der Waals surface area contributed by atoms with Crippen molar-refractivity contribution in [2.45, 2.75) is 38.1 Å². The number of halogens is 3. The van der Waals surface area contributed by atoms with Crippen molar-refractivity contribution in [2.75, 3.05) is 26.2 Å². The molecule has 1 aliphatic carbocycles. The van der Waals surface area contributed by atoms with Crippen LogP contribution in [-0.2, 0) is 9.59 Å². The molecule has 0 bridgehead atoms. The van der Waals surface area contributed by atoms with Crippen molar-refractivity contribution in [1.29, 1.82) is 0 Å². The van der Waals surface area contributed by atoms with Crippen LogP contribution < -0.4 is 25.3 Å². The van der Waals surface area contributed by atoms with Crippen LogP contribution in [0.5, 0.6) is 17.2 Å². The first-order valence-corrected chi connectivity index (χ1v) is 12.2. The number of likely N-dealkylation sites (tertiary alicyclic amines) is 1. The highest BCUT2D eigenvalue weighted by molar-refractivity contribution is 6.07. The third kappa shape index (κ3) is 6.67. The molecule has 0 atom stereocenters. The highest BCUT2D eigenvalue weighted by Crippen LogP contribution is 2.45. The number of para-hydroxylation sites is 1. The van der Waals surface area contributed by atoms with Crippen LogP contribution in [0.2, 0.25) is 0 Å². The van der Waals surface area contributed by atoms with Crippen LogP contribution >= 0.6 is 0 Å². The Labute approximate surface area is 217 Å². The van der Waals surface area contributed by atoms with E-state index < -0.39 is 23.6 Å². The molecule has 1 heterocycles. The van der Waals surface area contributed by atoms with Crippen molar-refractivity contribution in [3.05, 3.63) is 54.1 Å². The van der Waals surface area contributed by atoms with Gasteiger partial charge in [0.25, 0.3) is 5.91 Å². The quantitative estimate of drug-likeness (QED) is 0.357. The molecule has 0 radical (unpaired) electrons. The third-order valence-electron chi connectivity index (χ3n) is 6.49. The SMILES string of the molecule is NC(=O)C1(C(=O)NCCOc2ccccc2C(=O)N2CCC(Oc3cccc(OC(F)(F)F)c3)CC2)CC1. The molecular weight excluding hydrogens is 507 g/mol. The number of carbonyl (C=O) groups excluding carboxylic acids is 3. The summed E-state index contributed by atoms with van der Waals surface area (Å²) in [6.45, 7) is 1.02. The summed E-state index contributed by atoms with van der Waals surface area (Å²) in [5.74, 6) is -1.02. The fraction of sp³-hybridized carbons (Fsp3) is 0.423. The number of primary amides is 1. The standard InChI is InChI=1S/C26H28F3N3O6/c27-26(28,29)38-19-5-3-4-18(16-19)37-17-8-13-32(14-9-17)22(33)20-6-1-2-7-21(20)36-15-12-31-24(35)25(10-11-25)23(30)34/h1-7,16-17H,8-15H2,(H2,30,34)(H,31,35). The van der Waals surface area contributed by atoms with E-state index >= 15 is 0 Å². The van der Waals surface area contributed by atoms with Crippen molar-refractivity contribution in [3.8, 4) is 17.2 Å². The summed E-state index contributed by atoms with van der Waals surface area (Å²) in [4.78, 5) is 38.5. The van der Waals surface area contributed by atoms with Crippen molar-refractivity contribution < 1.29 is 41.8 Å². The molecule has 9 nitrogen and oxygen atoms in total. The van der Waals surface area contributed by atoms with Gasteiger partial charge in [0.15, 0.2) is 0 Å². The van der Waals surface area contributed by atoms with Gasteiger partial charge in [-0.25, -0.2) is 0 Å². The van der Waals surface area contributed by atoms with Crippen molar-refractivity contribution >= 4 is 17.7 Å². The fourth-order valence-corrected chi connectivity index (χ4v) is 4.26. The van der Waals surface area contributed by atoms with Crippen LogP contribution in [0.4, 0.5) is 13.2 Å². The van der Waals surface area contributed by atoms with E-state index in [-0.39, 0.29) is 36.7 Å². The Kier molecular flexibility index (Phi) is 7.98. The number of rotatable bonds is 10. The van der Waals surface area contributed by atoms with Gasteiger partial charge in [0.1, 0.15) is 35.4 Å². The van der Waals surface area contributed by atoms with Gasteiger partial charge < -0.3 is 30.2 Å². The summed E-state index contributed by atoms with van der Waals surface area (Å²) in [7, 11) is 0. The van der Waals surface area contributed by atoms with Crippen LogP contribution in [0.3, 0.4) is 0 Å². The van der Waals surface area contributed by atoms with E-state index in [1.807, 2.05) is 0 Å². The van der Waals surface area contributed by atoms with E-state index in [1.165, 1.54) is 18.2 Å². The van der Waals surface area contributed by atoms with Crippen LogP contribution in [0, 0.1) is 5.41 Å². The van der Waals surface area contributed by atoms with Crippen molar-refractivity contribution in [1.82, 2.24) is 10.2 Å². The number of hydrogen-bond acceptors (Lipinski definition) is 6. The Morgan fingerprint density at radius 2 is 1.71 bits per heavy atom. The molecule has 3 N–H and O–H groups in total. The number of nitrogens with zero attached hydrogens (tertiary/aromatic N) is 1. The molecule has 2 aromatic carbocycles. The van der Waals surface area contributed by atoms with Crippen LogP contribution in [0.25, 0.3) is 0 Å². The molecule has 4 rings (SSSR count). The lowest BCUT2D eigenvalue weighted by molar-refractivity contribution is -0.274. The zero-order valence-corrected chi connectivity index (χ0v) is 20.5. The zero-order chi connectivity index (χ0) is 27.3. The Morgan fingerprint density at radius 1 is 1.03 bits per heavy atom. The first kappa shape index (κ1) is 27.1. The Balaban J connectivity index is 1.26. The molecule has 1 saturated carbocycles. The van der Waals surface area contributed by atoms with Gasteiger partial charge in [0.05, 0.1) is 12.1 Å². The minimum absolute atomic E-state index is 0.0951. The van der Waals surface area contributed by atoms with Gasteiger partial charge in [-0.3, -0.25) is 14.4 Å². The van der Waals surface area contributed by atoms with Gasteiger partial charge >= 0.3 is 6.36 Å². The molecule has 12 heteroatoms. The number of nitrogens with two attached hydrogens (primary N) is 1. The molecule has 0 spiro atoms. The van der Waals surface area contributed by atoms with E-state index in [9.17, 15) is 27.6 Å². The van der Waals surface area contributed by atoms with E-state index in [1.54, 1.807) is 35.2 Å². The normalized spacial score (nSPS) is 16.9. The summed E-state index contributed by atoms with van der Waals surface area (Å²) in [5, 5.41) is 2.65. The monoisotopic (exact) mass is 535 g/mol.